The van der Waals surface area contributed by atoms with Crippen molar-refractivity contribution < 1.29 is 23.7 Å². The van der Waals surface area contributed by atoms with Crippen LogP contribution >= 0.6 is 7.82 Å². The molecule has 0 heterocycles. The molecule has 2 rings (SSSR count). The van der Waals surface area contributed by atoms with E-state index >= 15 is 0 Å². The van der Waals surface area contributed by atoms with E-state index in [1.165, 1.54) is 6.07 Å². The van der Waals surface area contributed by atoms with E-state index in [4.69, 9.17) is 15.3 Å². The number of anilines is 1. The number of allylic oxidation sites excluding steroid dienone is 3. The third-order valence-corrected chi connectivity index (χ3v) is 3.18. The van der Waals surface area contributed by atoms with Gasteiger partial charge in [-0.2, -0.15) is 4.79 Å². The number of phosphoric acid groups is 1. The molecule has 1 aliphatic rings. The van der Waals surface area contributed by atoms with Gasteiger partial charge in [-0.05, 0) is 36.8 Å². The Kier molecular flexibility index (Phi) is 4.40. The van der Waals surface area contributed by atoms with E-state index in [0.717, 1.165) is 5.56 Å². The summed E-state index contributed by atoms with van der Waals surface area (Å²) >= 11 is 0. The second-order valence-electron chi connectivity index (χ2n) is 4.49. The number of hydrogen-bond donors (Lipinski definition) is 3. The molecular weight excluding hydrogens is 293 g/mol. The molecule has 1 aliphatic carbocycles. The van der Waals surface area contributed by atoms with Crippen LogP contribution in [0.3, 0.4) is 0 Å². The Hall–Kier alpha value is -2.17. The van der Waals surface area contributed by atoms with Crippen molar-refractivity contribution in [3.63, 3.8) is 0 Å². The van der Waals surface area contributed by atoms with Crippen LogP contribution in [0.25, 0.3) is 5.53 Å². The van der Waals surface area contributed by atoms with Gasteiger partial charge in [0, 0.05) is 11.8 Å². The second kappa shape index (κ2) is 6.08. The van der Waals surface area contributed by atoms with E-state index in [1.54, 1.807) is 37.3 Å². The largest absolute Gasteiger partial charge is 0.524 e. The summed E-state index contributed by atoms with van der Waals surface area (Å²) in [5.74, 6) is 0.0688. The van der Waals surface area contributed by atoms with Crippen LogP contribution in [-0.4, -0.2) is 20.3 Å². The molecule has 0 radical (unpaired) electrons. The first-order valence-corrected chi connectivity index (χ1v) is 7.62. The zero-order valence-corrected chi connectivity index (χ0v) is 12.1. The monoisotopic (exact) mass is 307 g/mol. The van der Waals surface area contributed by atoms with Gasteiger partial charge in [0.15, 0.2) is 5.75 Å². The lowest BCUT2D eigenvalue weighted by molar-refractivity contribution is -0.00540. The van der Waals surface area contributed by atoms with Gasteiger partial charge in [0.1, 0.15) is 0 Å². The average molecular weight is 307 g/mol. The number of hydrogen-bond acceptors (Lipinski definition) is 3. The summed E-state index contributed by atoms with van der Waals surface area (Å²) in [5, 5.41) is 3.01. The standard InChI is InChI=1S/C13H14N3O4P/c1-9-2-7-12(13(8-9)20-21(17,18)19)15-10-3-5-11(16-14)6-4-10/h2-5,7-8,15H,6H2,1H3,(H2,17,18,19). The molecule has 0 fully saturated rings. The van der Waals surface area contributed by atoms with Crippen LogP contribution in [-0.2, 0) is 4.57 Å². The molecule has 1 aromatic carbocycles. The van der Waals surface area contributed by atoms with E-state index in [9.17, 15) is 4.57 Å². The lowest BCUT2D eigenvalue weighted by Gasteiger charge is -2.15. The molecule has 0 aliphatic heterocycles. The topological polar surface area (TPSA) is 115 Å². The van der Waals surface area contributed by atoms with Crippen molar-refractivity contribution in [3.8, 4) is 5.75 Å². The zero-order valence-electron chi connectivity index (χ0n) is 11.2. The number of nitrogens with zero attached hydrogens (tertiary/aromatic N) is 2. The van der Waals surface area contributed by atoms with Crippen molar-refractivity contribution in [3.05, 3.63) is 53.2 Å². The fourth-order valence-electron chi connectivity index (χ4n) is 1.80. The zero-order chi connectivity index (χ0) is 15.5. The molecule has 0 spiro atoms. The minimum atomic E-state index is -4.63. The van der Waals surface area contributed by atoms with E-state index in [-0.39, 0.29) is 5.75 Å². The number of phosphoric ester groups is 1. The molecule has 21 heavy (non-hydrogen) atoms. The highest BCUT2D eigenvalue weighted by molar-refractivity contribution is 7.46. The van der Waals surface area contributed by atoms with Crippen LogP contribution in [0, 0.1) is 6.92 Å². The molecule has 3 N–H and O–H groups in total. The summed E-state index contributed by atoms with van der Waals surface area (Å²) < 4.78 is 15.7. The minimum Gasteiger partial charge on any atom is -0.402 e. The predicted molar refractivity (Wildman–Crippen MR) is 77.9 cm³/mol. The van der Waals surface area contributed by atoms with Gasteiger partial charge < -0.3 is 15.4 Å². The van der Waals surface area contributed by atoms with Gasteiger partial charge in [-0.3, -0.25) is 9.79 Å². The van der Waals surface area contributed by atoms with E-state index < -0.39 is 7.82 Å². The summed E-state index contributed by atoms with van der Waals surface area (Å²) in [5.41, 5.74) is 11.1. The molecule has 0 atom stereocenters. The van der Waals surface area contributed by atoms with E-state index in [2.05, 4.69) is 14.6 Å². The van der Waals surface area contributed by atoms with Crippen LogP contribution in [0.2, 0.25) is 0 Å². The molecule has 0 bridgehead atoms. The normalized spacial score (nSPS) is 14.4. The maximum Gasteiger partial charge on any atom is 0.524 e. The Balaban J connectivity index is 2.25. The fourth-order valence-corrected chi connectivity index (χ4v) is 2.20. The van der Waals surface area contributed by atoms with Crippen molar-refractivity contribution in [2.24, 2.45) is 0 Å². The van der Waals surface area contributed by atoms with Gasteiger partial charge in [0.2, 0.25) is 0 Å². The fraction of sp³-hybridized carbons (Fsp3) is 0.154. The van der Waals surface area contributed by atoms with Gasteiger partial charge in [0.05, 0.1) is 12.1 Å². The highest BCUT2D eigenvalue weighted by Crippen LogP contribution is 2.41. The SMILES string of the molecule is Cc1ccc(NC2=CCC(=[N+]=[N-])C=C2)c(OP(=O)(O)O)c1. The van der Waals surface area contributed by atoms with Crippen LogP contribution in [0.4, 0.5) is 5.69 Å². The predicted octanol–water partition coefficient (Wildman–Crippen LogP) is 2.39. The van der Waals surface area contributed by atoms with Gasteiger partial charge in [0.25, 0.3) is 5.71 Å². The molecule has 0 amide bonds. The maximum absolute atomic E-state index is 11.0. The highest BCUT2D eigenvalue weighted by Gasteiger charge is 2.19. The lowest BCUT2D eigenvalue weighted by atomic mass is 10.1. The smallest absolute Gasteiger partial charge is 0.402 e. The Bertz CT molecular complexity index is 714. The molecular formula is C13H14N3O4P. The first kappa shape index (κ1) is 15.2. The summed E-state index contributed by atoms with van der Waals surface area (Å²) in [6.45, 7) is 1.79. The Morgan fingerprint density at radius 1 is 1.38 bits per heavy atom. The molecule has 1 aromatic rings. The van der Waals surface area contributed by atoms with Crippen LogP contribution in [0.15, 0.2) is 42.1 Å². The molecule has 8 heteroatoms. The second-order valence-corrected chi connectivity index (χ2v) is 5.66. The highest BCUT2D eigenvalue weighted by atomic mass is 31.2. The molecule has 7 nitrogen and oxygen atoms in total. The van der Waals surface area contributed by atoms with Crippen molar-refractivity contribution in [1.82, 2.24) is 0 Å². The number of nitrogens with one attached hydrogen (secondary N) is 1. The third kappa shape index (κ3) is 4.41. The van der Waals surface area contributed by atoms with E-state index in [0.29, 0.717) is 23.5 Å². The Labute approximate surface area is 121 Å². The van der Waals surface area contributed by atoms with Crippen molar-refractivity contribution in [2.45, 2.75) is 13.3 Å². The number of rotatable bonds is 4. The maximum atomic E-state index is 11.0. The van der Waals surface area contributed by atoms with Crippen molar-refractivity contribution in [1.29, 1.82) is 0 Å². The molecule has 0 aromatic heterocycles. The van der Waals surface area contributed by atoms with Crippen LogP contribution in [0.1, 0.15) is 12.0 Å². The minimum absolute atomic E-state index is 0.0688. The molecule has 110 valence electrons. The Morgan fingerprint density at radius 2 is 2.14 bits per heavy atom. The summed E-state index contributed by atoms with van der Waals surface area (Å²) in [4.78, 5) is 21.0. The number of benzene rings is 1. The van der Waals surface area contributed by atoms with E-state index in [1.807, 2.05) is 0 Å². The summed E-state index contributed by atoms with van der Waals surface area (Å²) in [7, 11) is -4.63. The van der Waals surface area contributed by atoms with Crippen molar-refractivity contribution in [2.75, 3.05) is 5.32 Å². The van der Waals surface area contributed by atoms with Crippen LogP contribution < -0.4 is 9.84 Å². The molecule has 0 unspecified atom stereocenters. The summed E-state index contributed by atoms with van der Waals surface area (Å²) in [6.07, 6.45) is 5.58. The summed E-state index contributed by atoms with van der Waals surface area (Å²) in [6, 6.07) is 5.00. The first-order valence-electron chi connectivity index (χ1n) is 6.09. The lowest BCUT2D eigenvalue weighted by Crippen LogP contribution is -2.06. The average Bonchev–Trinajstić information content (AvgIpc) is 2.41. The van der Waals surface area contributed by atoms with Gasteiger partial charge in [-0.1, -0.05) is 6.07 Å². The van der Waals surface area contributed by atoms with Crippen LogP contribution in [0.5, 0.6) is 5.75 Å². The quantitative estimate of drug-likeness (QED) is 0.449. The Morgan fingerprint density at radius 3 is 2.71 bits per heavy atom. The molecule has 0 saturated heterocycles. The number of aryl methyl sites for hydroxylation is 1. The molecule has 0 saturated carbocycles. The van der Waals surface area contributed by atoms with Gasteiger partial charge in [-0.15, -0.1) is 0 Å². The first-order chi connectivity index (χ1) is 9.87. The van der Waals surface area contributed by atoms with Gasteiger partial charge in [-0.25, -0.2) is 4.57 Å². The van der Waals surface area contributed by atoms with Crippen molar-refractivity contribution >= 4 is 19.2 Å². The van der Waals surface area contributed by atoms with Gasteiger partial charge >= 0.3 is 7.82 Å². The third-order valence-electron chi connectivity index (χ3n) is 2.75.